The maximum Gasteiger partial charge on any atom is 0.407 e. The van der Waals surface area contributed by atoms with E-state index in [1.165, 1.54) is 0 Å². The van der Waals surface area contributed by atoms with Gasteiger partial charge in [-0.1, -0.05) is 51.1 Å². The van der Waals surface area contributed by atoms with Crippen LogP contribution >= 0.6 is 0 Å². The molecule has 136 valence electrons. The number of carbonyl (C=O) groups excluding carboxylic acids is 2. The minimum atomic E-state index is -1.12. The molecule has 1 unspecified atom stereocenters. The van der Waals surface area contributed by atoms with Gasteiger partial charge < -0.3 is 15.2 Å². The summed E-state index contributed by atoms with van der Waals surface area (Å²) in [6.07, 6.45) is -1.75. The summed E-state index contributed by atoms with van der Waals surface area (Å²) in [5.41, 5.74) is 0.359. The van der Waals surface area contributed by atoms with Gasteiger partial charge in [0.15, 0.2) is 5.78 Å². The van der Waals surface area contributed by atoms with Crippen LogP contribution in [0.15, 0.2) is 30.3 Å². The SMILES string of the molecule is CC(C)(C)C1C(=O)[C@H](CNC(=O)OCc2ccccc2)CN1C(=O)O. The fraction of sp³-hybridized carbons (Fsp3) is 0.500. The summed E-state index contributed by atoms with van der Waals surface area (Å²) >= 11 is 0. The van der Waals surface area contributed by atoms with Crippen molar-refractivity contribution in [3.63, 3.8) is 0 Å². The van der Waals surface area contributed by atoms with Crippen molar-refractivity contribution in [1.82, 2.24) is 10.2 Å². The summed E-state index contributed by atoms with van der Waals surface area (Å²) in [6.45, 7) is 5.76. The van der Waals surface area contributed by atoms with Crippen molar-refractivity contribution in [2.24, 2.45) is 11.3 Å². The van der Waals surface area contributed by atoms with Crippen LogP contribution in [0.3, 0.4) is 0 Å². The molecule has 0 spiro atoms. The Labute approximate surface area is 147 Å². The summed E-state index contributed by atoms with van der Waals surface area (Å²) in [6, 6.07) is 8.53. The van der Waals surface area contributed by atoms with Crippen LogP contribution in [-0.4, -0.2) is 47.1 Å². The van der Waals surface area contributed by atoms with Crippen molar-refractivity contribution in [1.29, 1.82) is 0 Å². The molecule has 0 aromatic heterocycles. The molecule has 2 atom stereocenters. The van der Waals surface area contributed by atoms with Gasteiger partial charge in [-0.25, -0.2) is 9.59 Å². The predicted octanol–water partition coefficient (Wildman–Crippen LogP) is 2.51. The third-order valence-corrected chi connectivity index (χ3v) is 4.17. The van der Waals surface area contributed by atoms with E-state index in [0.717, 1.165) is 10.5 Å². The number of hydrogen-bond acceptors (Lipinski definition) is 4. The predicted molar refractivity (Wildman–Crippen MR) is 91.1 cm³/mol. The Kier molecular flexibility index (Phi) is 5.66. The topological polar surface area (TPSA) is 95.9 Å². The van der Waals surface area contributed by atoms with Crippen molar-refractivity contribution in [3.8, 4) is 0 Å². The maximum absolute atomic E-state index is 12.6. The lowest BCUT2D eigenvalue weighted by Gasteiger charge is -2.31. The molecule has 2 N–H and O–H groups in total. The molecular weight excluding hydrogens is 324 g/mol. The molecule has 25 heavy (non-hydrogen) atoms. The average molecular weight is 348 g/mol. The van der Waals surface area contributed by atoms with E-state index in [2.05, 4.69) is 5.32 Å². The van der Waals surface area contributed by atoms with E-state index < -0.39 is 29.6 Å². The number of Topliss-reactive ketones (excluding diaryl/α,β-unsaturated/α-hetero) is 1. The van der Waals surface area contributed by atoms with Gasteiger partial charge in [0.05, 0.1) is 12.0 Å². The van der Waals surface area contributed by atoms with Gasteiger partial charge in [-0.2, -0.15) is 0 Å². The second kappa shape index (κ2) is 7.55. The molecule has 1 aromatic carbocycles. The van der Waals surface area contributed by atoms with Gasteiger partial charge in [0.25, 0.3) is 0 Å². The minimum absolute atomic E-state index is 0.0583. The first kappa shape index (κ1) is 18.8. The lowest BCUT2D eigenvalue weighted by atomic mass is 9.83. The van der Waals surface area contributed by atoms with Gasteiger partial charge in [0.2, 0.25) is 0 Å². The first-order valence-corrected chi connectivity index (χ1v) is 8.18. The van der Waals surface area contributed by atoms with Crippen molar-refractivity contribution >= 4 is 18.0 Å². The largest absolute Gasteiger partial charge is 0.465 e. The average Bonchev–Trinajstić information content (AvgIpc) is 2.89. The van der Waals surface area contributed by atoms with E-state index in [1.54, 1.807) is 0 Å². The van der Waals surface area contributed by atoms with Crippen molar-refractivity contribution in [2.45, 2.75) is 33.4 Å². The number of rotatable bonds is 4. The summed E-state index contributed by atoms with van der Waals surface area (Å²) in [5.74, 6) is -0.733. The van der Waals surface area contributed by atoms with Crippen LogP contribution in [-0.2, 0) is 16.1 Å². The molecular formula is C18H24N2O5. The molecule has 2 amide bonds. The molecule has 1 heterocycles. The van der Waals surface area contributed by atoms with E-state index in [9.17, 15) is 19.5 Å². The number of benzene rings is 1. The van der Waals surface area contributed by atoms with Crippen LogP contribution in [0.2, 0.25) is 0 Å². The molecule has 2 rings (SSSR count). The molecule has 0 bridgehead atoms. The second-order valence-corrected chi connectivity index (χ2v) is 7.25. The number of ether oxygens (including phenoxy) is 1. The smallest absolute Gasteiger partial charge is 0.407 e. The number of nitrogens with one attached hydrogen (secondary N) is 1. The van der Waals surface area contributed by atoms with Gasteiger partial charge in [-0.3, -0.25) is 9.69 Å². The summed E-state index contributed by atoms with van der Waals surface area (Å²) in [4.78, 5) is 36.9. The molecule has 1 fully saturated rings. The molecule has 1 aliphatic heterocycles. The maximum atomic E-state index is 12.6. The van der Waals surface area contributed by atoms with Crippen LogP contribution in [0.5, 0.6) is 0 Å². The van der Waals surface area contributed by atoms with Crippen molar-refractivity contribution in [2.75, 3.05) is 13.1 Å². The van der Waals surface area contributed by atoms with E-state index in [1.807, 2.05) is 51.1 Å². The first-order valence-electron chi connectivity index (χ1n) is 8.18. The Morgan fingerprint density at radius 1 is 1.28 bits per heavy atom. The van der Waals surface area contributed by atoms with Crippen molar-refractivity contribution < 1.29 is 24.2 Å². The molecule has 7 nitrogen and oxygen atoms in total. The number of alkyl carbamates (subject to hydrolysis) is 1. The minimum Gasteiger partial charge on any atom is -0.465 e. The van der Waals surface area contributed by atoms with E-state index in [0.29, 0.717) is 0 Å². The molecule has 1 saturated heterocycles. The monoisotopic (exact) mass is 348 g/mol. The highest BCUT2D eigenvalue weighted by atomic mass is 16.5. The van der Waals surface area contributed by atoms with Crippen LogP contribution < -0.4 is 5.32 Å². The number of nitrogens with zero attached hydrogens (tertiary/aromatic N) is 1. The highest BCUT2D eigenvalue weighted by molar-refractivity contribution is 5.93. The Hall–Kier alpha value is -2.57. The number of ketones is 1. The first-order chi connectivity index (χ1) is 11.7. The standard InChI is InChI=1S/C18H24N2O5/c1-18(2,3)15-14(21)13(10-20(15)17(23)24)9-19-16(22)25-11-12-7-5-4-6-8-12/h4-8,13,15H,9-11H2,1-3H3,(H,19,22)(H,23,24)/t13-,15?/m1/s1. The molecule has 7 heteroatoms. The Bertz CT molecular complexity index is 639. The third-order valence-electron chi connectivity index (χ3n) is 4.17. The molecule has 0 radical (unpaired) electrons. The van der Waals surface area contributed by atoms with Gasteiger partial charge in [0.1, 0.15) is 6.61 Å². The Morgan fingerprint density at radius 3 is 2.44 bits per heavy atom. The summed E-state index contributed by atoms with van der Waals surface area (Å²) in [5, 5.41) is 11.9. The Morgan fingerprint density at radius 2 is 1.92 bits per heavy atom. The second-order valence-electron chi connectivity index (χ2n) is 7.25. The number of amides is 2. The highest BCUT2D eigenvalue weighted by Crippen LogP contribution is 2.32. The highest BCUT2D eigenvalue weighted by Gasteiger charge is 2.48. The van der Waals surface area contributed by atoms with Gasteiger partial charge >= 0.3 is 12.2 Å². The fourth-order valence-corrected chi connectivity index (χ4v) is 3.04. The van der Waals surface area contributed by atoms with E-state index in [4.69, 9.17) is 4.74 Å². The zero-order chi connectivity index (χ0) is 18.6. The molecule has 1 aliphatic rings. The number of carbonyl (C=O) groups is 3. The lowest BCUT2D eigenvalue weighted by molar-refractivity contribution is -0.124. The van der Waals surface area contributed by atoms with Gasteiger partial charge in [0, 0.05) is 13.1 Å². The molecule has 0 saturated carbocycles. The zero-order valence-corrected chi connectivity index (χ0v) is 14.7. The van der Waals surface area contributed by atoms with E-state index >= 15 is 0 Å². The molecule has 0 aliphatic carbocycles. The van der Waals surface area contributed by atoms with Crippen LogP contribution in [0.1, 0.15) is 26.3 Å². The van der Waals surface area contributed by atoms with Crippen LogP contribution in [0.25, 0.3) is 0 Å². The number of hydrogen-bond donors (Lipinski definition) is 2. The normalized spacial score (nSPS) is 20.4. The van der Waals surface area contributed by atoms with Gasteiger partial charge in [-0.05, 0) is 11.0 Å². The van der Waals surface area contributed by atoms with Crippen LogP contribution in [0.4, 0.5) is 9.59 Å². The zero-order valence-electron chi connectivity index (χ0n) is 14.7. The summed E-state index contributed by atoms with van der Waals surface area (Å²) < 4.78 is 5.10. The number of likely N-dealkylation sites (tertiary alicyclic amines) is 1. The van der Waals surface area contributed by atoms with Crippen LogP contribution in [0, 0.1) is 11.3 Å². The van der Waals surface area contributed by atoms with E-state index in [-0.39, 0.29) is 25.5 Å². The van der Waals surface area contributed by atoms with Gasteiger partial charge in [-0.15, -0.1) is 0 Å². The molecule has 1 aromatic rings. The Balaban J connectivity index is 1.89. The summed E-state index contributed by atoms with van der Waals surface area (Å²) in [7, 11) is 0. The number of carboxylic acid groups (broad SMARTS) is 1. The quantitative estimate of drug-likeness (QED) is 0.871. The lowest BCUT2D eigenvalue weighted by Crippen LogP contribution is -2.45. The van der Waals surface area contributed by atoms with Crippen molar-refractivity contribution in [3.05, 3.63) is 35.9 Å². The third kappa shape index (κ3) is 4.71. The fourth-order valence-electron chi connectivity index (χ4n) is 3.04.